The molecule has 3 aliphatic rings. The quantitative estimate of drug-likeness (QED) is 0.622. The number of benzene rings is 1. The van der Waals surface area contributed by atoms with Crippen LogP contribution in [0.25, 0.3) is 0 Å². The minimum atomic E-state index is -0.908. The van der Waals surface area contributed by atoms with Crippen molar-refractivity contribution in [3.8, 4) is 0 Å². The van der Waals surface area contributed by atoms with Gasteiger partial charge < -0.3 is 10.0 Å². The molecule has 1 aliphatic heterocycles. The zero-order valence-corrected chi connectivity index (χ0v) is 17.1. The molecule has 4 unspecified atom stereocenters. The van der Waals surface area contributed by atoms with Gasteiger partial charge in [-0.25, -0.2) is 9.18 Å². The average Bonchev–Trinajstić information content (AvgIpc) is 3.32. The van der Waals surface area contributed by atoms with Crippen molar-refractivity contribution in [2.24, 2.45) is 17.8 Å². The third kappa shape index (κ3) is 4.58. The van der Waals surface area contributed by atoms with E-state index in [0.29, 0.717) is 29.2 Å². The molecule has 2 saturated carbocycles. The van der Waals surface area contributed by atoms with Crippen LogP contribution in [0.5, 0.6) is 0 Å². The summed E-state index contributed by atoms with van der Waals surface area (Å²) in [5.74, 6) is 1.46. The Morgan fingerprint density at radius 2 is 1.97 bits per heavy atom. The minimum Gasteiger partial charge on any atom is -0.478 e. The lowest BCUT2D eigenvalue weighted by Crippen LogP contribution is -2.39. The Kier molecular flexibility index (Phi) is 6.09. The van der Waals surface area contributed by atoms with Crippen molar-refractivity contribution in [3.63, 3.8) is 0 Å². The van der Waals surface area contributed by atoms with Crippen molar-refractivity contribution >= 4 is 23.5 Å². The number of Topliss-reactive ketones (excluding diaryl/α,β-unsaturated/α-hetero) is 1. The predicted molar refractivity (Wildman–Crippen MR) is 112 cm³/mol. The van der Waals surface area contributed by atoms with Gasteiger partial charge >= 0.3 is 5.97 Å². The van der Waals surface area contributed by atoms with Gasteiger partial charge in [0.05, 0.1) is 5.57 Å². The van der Waals surface area contributed by atoms with Gasteiger partial charge in [0.1, 0.15) is 11.2 Å². The third-order valence-corrected chi connectivity index (χ3v) is 7.75. The lowest BCUT2D eigenvalue weighted by atomic mass is 9.88. The standard InChI is InChI=1S/C23H26FNO3S/c24-19-7-5-16(6-8-19)21(26)9-11-29-22-20(23(27)28)2-1-10-25(22)14-18-13-15-3-4-17(18)12-15/h1-2,5-8,10,15,17-18,22H,3-4,9,11-14H2,(H,27,28). The van der Waals surface area contributed by atoms with E-state index in [1.807, 2.05) is 12.3 Å². The fourth-order valence-electron chi connectivity index (χ4n) is 5.03. The number of carboxylic acids is 1. The van der Waals surface area contributed by atoms with E-state index in [1.54, 1.807) is 6.08 Å². The summed E-state index contributed by atoms with van der Waals surface area (Å²) in [5.41, 5.74) is 0.860. The molecule has 1 aromatic rings. The van der Waals surface area contributed by atoms with Crippen LogP contribution in [0.3, 0.4) is 0 Å². The lowest BCUT2D eigenvalue weighted by molar-refractivity contribution is -0.133. The Labute approximate surface area is 174 Å². The number of carboxylic acid groups (broad SMARTS) is 1. The van der Waals surface area contributed by atoms with Crippen LogP contribution in [-0.2, 0) is 4.79 Å². The van der Waals surface area contributed by atoms with Crippen molar-refractivity contribution < 1.29 is 19.1 Å². The Morgan fingerprint density at radius 1 is 1.17 bits per heavy atom. The number of hydrogen-bond donors (Lipinski definition) is 1. The van der Waals surface area contributed by atoms with Crippen molar-refractivity contribution in [2.45, 2.75) is 37.5 Å². The first-order valence-electron chi connectivity index (χ1n) is 10.3. The molecule has 29 heavy (non-hydrogen) atoms. The number of hydrogen-bond acceptors (Lipinski definition) is 4. The SMILES string of the molecule is O=C(O)C1=CC=CN(CC2CC3CCC2C3)C1SCCC(=O)c1ccc(F)cc1. The highest BCUT2D eigenvalue weighted by molar-refractivity contribution is 8.00. The largest absolute Gasteiger partial charge is 0.478 e. The lowest BCUT2D eigenvalue weighted by Gasteiger charge is -2.36. The molecular formula is C23H26FNO3S. The molecule has 0 aromatic heterocycles. The van der Waals surface area contributed by atoms with Gasteiger partial charge in [0.15, 0.2) is 5.78 Å². The van der Waals surface area contributed by atoms with Crippen LogP contribution in [0, 0.1) is 23.6 Å². The van der Waals surface area contributed by atoms with Gasteiger partial charge in [-0.3, -0.25) is 4.79 Å². The van der Waals surface area contributed by atoms with Crippen molar-refractivity contribution in [1.82, 2.24) is 4.90 Å². The Bertz CT molecular complexity index is 835. The van der Waals surface area contributed by atoms with Crippen LogP contribution in [0.1, 0.15) is 42.5 Å². The molecule has 2 fully saturated rings. The number of halogens is 1. The van der Waals surface area contributed by atoms with Gasteiger partial charge in [-0.15, -0.1) is 11.8 Å². The van der Waals surface area contributed by atoms with Crippen LogP contribution in [0.2, 0.25) is 0 Å². The molecule has 0 radical (unpaired) electrons. The highest BCUT2D eigenvalue weighted by Crippen LogP contribution is 2.49. The zero-order chi connectivity index (χ0) is 20.4. The average molecular weight is 416 g/mol. The minimum absolute atomic E-state index is 0.0515. The highest BCUT2D eigenvalue weighted by atomic mass is 32.2. The number of carbonyl (C=O) groups excluding carboxylic acids is 1. The van der Waals surface area contributed by atoms with Crippen LogP contribution in [-0.4, -0.2) is 39.4 Å². The van der Waals surface area contributed by atoms with E-state index in [0.717, 1.165) is 18.4 Å². The van der Waals surface area contributed by atoms with Crippen molar-refractivity contribution in [2.75, 3.05) is 12.3 Å². The molecule has 1 aromatic carbocycles. The van der Waals surface area contributed by atoms with Gasteiger partial charge in [0, 0.05) is 30.5 Å². The molecule has 4 atom stereocenters. The topological polar surface area (TPSA) is 57.6 Å². The molecule has 1 N–H and O–H groups in total. The molecule has 0 amide bonds. The first-order chi connectivity index (χ1) is 14.0. The number of aliphatic carboxylic acids is 1. The van der Waals surface area contributed by atoms with E-state index in [-0.39, 0.29) is 17.0 Å². The summed E-state index contributed by atoms with van der Waals surface area (Å²) in [4.78, 5) is 26.3. The Balaban J connectivity index is 1.38. The maximum atomic E-state index is 13.0. The van der Waals surface area contributed by atoms with E-state index in [4.69, 9.17) is 0 Å². The van der Waals surface area contributed by atoms with Crippen molar-refractivity contribution in [1.29, 1.82) is 0 Å². The number of fused-ring (bicyclic) bond motifs is 2. The smallest absolute Gasteiger partial charge is 0.334 e. The number of nitrogens with zero attached hydrogens (tertiary/aromatic N) is 1. The Hall–Kier alpha value is -2.08. The summed E-state index contributed by atoms with van der Waals surface area (Å²) in [5, 5.41) is 9.38. The molecule has 0 spiro atoms. The molecule has 1 heterocycles. The van der Waals surface area contributed by atoms with Crippen LogP contribution in [0.4, 0.5) is 4.39 Å². The second kappa shape index (κ2) is 8.74. The molecule has 2 bridgehead atoms. The summed E-state index contributed by atoms with van der Waals surface area (Å²) in [6.45, 7) is 0.881. The monoisotopic (exact) mass is 415 g/mol. The first-order valence-corrected chi connectivity index (χ1v) is 11.3. The normalized spacial score (nSPS) is 27.9. The number of carbonyl (C=O) groups is 2. The summed E-state index contributed by atoms with van der Waals surface area (Å²) in [6.07, 6.45) is 11.0. The summed E-state index contributed by atoms with van der Waals surface area (Å²) in [7, 11) is 0. The molecule has 0 saturated heterocycles. The number of ketones is 1. The fourth-order valence-corrected chi connectivity index (χ4v) is 6.26. The van der Waals surface area contributed by atoms with Crippen LogP contribution >= 0.6 is 11.8 Å². The number of allylic oxidation sites excluding steroid dienone is 2. The maximum absolute atomic E-state index is 13.0. The Morgan fingerprint density at radius 3 is 2.62 bits per heavy atom. The van der Waals surface area contributed by atoms with E-state index >= 15 is 0 Å². The van der Waals surface area contributed by atoms with Gasteiger partial charge in [-0.1, -0.05) is 6.42 Å². The second-order valence-corrected chi connectivity index (χ2v) is 9.49. The molecular weight excluding hydrogens is 389 g/mol. The maximum Gasteiger partial charge on any atom is 0.334 e. The highest BCUT2D eigenvalue weighted by Gasteiger charge is 2.41. The van der Waals surface area contributed by atoms with Crippen LogP contribution in [0.15, 0.2) is 48.2 Å². The summed E-state index contributed by atoms with van der Waals surface area (Å²) in [6, 6.07) is 5.56. The molecule has 4 nitrogen and oxygen atoms in total. The molecule has 6 heteroatoms. The van der Waals surface area contributed by atoms with E-state index in [9.17, 15) is 19.1 Å². The van der Waals surface area contributed by atoms with E-state index in [1.165, 1.54) is 61.7 Å². The summed E-state index contributed by atoms with van der Waals surface area (Å²) >= 11 is 1.50. The first kappa shape index (κ1) is 20.2. The van der Waals surface area contributed by atoms with Gasteiger partial charge in [-0.05, 0) is 73.4 Å². The van der Waals surface area contributed by atoms with Gasteiger partial charge in [0.2, 0.25) is 0 Å². The van der Waals surface area contributed by atoms with E-state index < -0.39 is 5.97 Å². The van der Waals surface area contributed by atoms with Gasteiger partial charge in [-0.2, -0.15) is 0 Å². The number of rotatable bonds is 8. The zero-order valence-electron chi connectivity index (χ0n) is 16.3. The predicted octanol–water partition coefficient (Wildman–Crippen LogP) is 4.73. The third-order valence-electron chi connectivity index (χ3n) is 6.47. The van der Waals surface area contributed by atoms with Gasteiger partial charge in [0.25, 0.3) is 0 Å². The number of thioether (sulfide) groups is 1. The van der Waals surface area contributed by atoms with Crippen LogP contribution < -0.4 is 0 Å². The molecule has 2 aliphatic carbocycles. The second-order valence-electron chi connectivity index (χ2n) is 8.30. The summed E-state index contributed by atoms with van der Waals surface area (Å²) < 4.78 is 13.0. The van der Waals surface area contributed by atoms with Crippen molar-refractivity contribution in [3.05, 3.63) is 59.6 Å². The molecule has 154 valence electrons. The molecule has 4 rings (SSSR count). The fraction of sp³-hybridized carbons (Fsp3) is 0.478. The van der Waals surface area contributed by atoms with E-state index in [2.05, 4.69) is 4.90 Å².